The molecule has 0 amide bonds. The van der Waals surface area contributed by atoms with Gasteiger partial charge in [-0.3, -0.25) is 0 Å². The highest BCUT2D eigenvalue weighted by Gasteiger charge is 2.14. The van der Waals surface area contributed by atoms with Crippen molar-refractivity contribution < 1.29 is 5.11 Å². The maximum atomic E-state index is 9.59. The van der Waals surface area contributed by atoms with E-state index in [0.29, 0.717) is 6.54 Å². The predicted octanol–water partition coefficient (Wildman–Crippen LogP) is 4.87. The lowest BCUT2D eigenvalue weighted by Gasteiger charge is -2.17. The van der Waals surface area contributed by atoms with Crippen LogP contribution in [0.2, 0.25) is 0 Å². The van der Waals surface area contributed by atoms with E-state index in [0.717, 1.165) is 17.5 Å². The Kier molecular flexibility index (Phi) is 5.99. The standard InChI is InChI=1S/C20H21NOS2/c21-11-15(19-4-2-1-3-16(19)12-22)5-6-20(17-7-9-23-13-17)18-8-10-24-14-18/h1-4,6-10,13-15,22H,5,11-12,21H2/t15-/m1/s1. The average Bonchev–Trinajstić information content (AvgIpc) is 3.33. The second-order valence-corrected chi connectivity index (χ2v) is 7.23. The van der Waals surface area contributed by atoms with Crippen LogP contribution in [-0.4, -0.2) is 11.7 Å². The van der Waals surface area contributed by atoms with Gasteiger partial charge in [0.15, 0.2) is 0 Å². The number of aliphatic hydroxyl groups is 1. The molecule has 0 aliphatic carbocycles. The van der Waals surface area contributed by atoms with E-state index in [1.165, 1.54) is 16.7 Å². The third kappa shape index (κ3) is 3.84. The van der Waals surface area contributed by atoms with E-state index >= 15 is 0 Å². The zero-order chi connectivity index (χ0) is 16.8. The van der Waals surface area contributed by atoms with E-state index in [9.17, 15) is 5.11 Å². The lowest BCUT2D eigenvalue weighted by atomic mass is 9.90. The molecule has 4 heteroatoms. The minimum absolute atomic E-state index is 0.0539. The summed E-state index contributed by atoms with van der Waals surface area (Å²) in [7, 11) is 0. The second-order valence-electron chi connectivity index (χ2n) is 5.67. The molecular formula is C20H21NOS2. The molecule has 3 rings (SSSR count). The highest BCUT2D eigenvalue weighted by Crippen LogP contribution is 2.30. The Hall–Kier alpha value is -1.72. The molecule has 24 heavy (non-hydrogen) atoms. The maximum absolute atomic E-state index is 9.59. The number of nitrogens with two attached hydrogens (primary N) is 1. The van der Waals surface area contributed by atoms with Crippen molar-refractivity contribution in [2.24, 2.45) is 5.73 Å². The van der Waals surface area contributed by atoms with Crippen LogP contribution in [0.3, 0.4) is 0 Å². The van der Waals surface area contributed by atoms with Crippen molar-refractivity contribution in [2.45, 2.75) is 18.9 Å². The van der Waals surface area contributed by atoms with E-state index in [4.69, 9.17) is 5.73 Å². The fourth-order valence-corrected chi connectivity index (χ4v) is 4.24. The van der Waals surface area contributed by atoms with Gasteiger partial charge in [-0.05, 0) is 80.4 Å². The molecule has 3 N–H and O–H groups in total. The number of hydrogen-bond acceptors (Lipinski definition) is 4. The van der Waals surface area contributed by atoms with Gasteiger partial charge in [0.1, 0.15) is 0 Å². The van der Waals surface area contributed by atoms with Crippen molar-refractivity contribution in [2.75, 3.05) is 6.54 Å². The summed E-state index contributed by atoms with van der Waals surface area (Å²) in [6.07, 6.45) is 3.14. The first-order chi connectivity index (χ1) is 11.8. The van der Waals surface area contributed by atoms with Crippen molar-refractivity contribution >= 4 is 28.2 Å². The number of thiophene rings is 2. The molecule has 0 aliphatic heterocycles. The molecule has 2 aromatic heterocycles. The maximum Gasteiger partial charge on any atom is 0.0684 e. The van der Waals surface area contributed by atoms with Crippen LogP contribution >= 0.6 is 22.7 Å². The molecule has 0 saturated carbocycles. The zero-order valence-electron chi connectivity index (χ0n) is 13.4. The van der Waals surface area contributed by atoms with Crippen LogP contribution in [0, 0.1) is 0 Å². The Balaban J connectivity index is 1.90. The second kappa shape index (κ2) is 8.40. The van der Waals surface area contributed by atoms with Crippen LogP contribution in [0.5, 0.6) is 0 Å². The molecule has 0 radical (unpaired) electrons. The number of hydrogen-bond donors (Lipinski definition) is 2. The fourth-order valence-electron chi connectivity index (χ4n) is 2.92. The number of allylic oxidation sites excluding steroid dienone is 1. The van der Waals surface area contributed by atoms with Crippen LogP contribution in [0.25, 0.3) is 5.57 Å². The van der Waals surface area contributed by atoms with Gasteiger partial charge in [-0.1, -0.05) is 30.3 Å². The van der Waals surface area contributed by atoms with E-state index in [1.807, 2.05) is 18.2 Å². The van der Waals surface area contributed by atoms with Crippen molar-refractivity contribution in [3.8, 4) is 0 Å². The first-order valence-electron chi connectivity index (χ1n) is 7.97. The van der Waals surface area contributed by atoms with Gasteiger partial charge in [0.05, 0.1) is 6.61 Å². The smallest absolute Gasteiger partial charge is 0.0684 e. The molecule has 124 valence electrons. The number of rotatable bonds is 7. The summed E-state index contributed by atoms with van der Waals surface area (Å²) in [6, 6.07) is 12.3. The Morgan fingerprint density at radius 3 is 2.25 bits per heavy atom. The Labute approximate surface area is 150 Å². The number of aliphatic hydroxyl groups excluding tert-OH is 1. The van der Waals surface area contributed by atoms with Crippen LogP contribution in [0.15, 0.2) is 64.0 Å². The third-order valence-corrected chi connectivity index (χ3v) is 5.59. The molecular weight excluding hydrogens is 334 g/mol. The van der Waals surface area contributed by atoms with E-state index in [-0.39, 0.29) is 12.5 Å². The number of benzene rings is 1. The van der Waals surface area contributed by atoms with Gasteiger partial charge in [-0.15, -0.1) is 0 Å². The molecule has 3 aromatic rings. The van der Waals surface area contributed by atoms with Gasteiger partial charge in [0.25, 0.3) is 0 Å². The van der Waals surface area contributed by atoms with Crippen LogP contribution < -0.4 is 5.73 Å². The van der Waals surface area contributed by atoms with E-state index < -0.39 is 0 Å². The first kappa shape index (κ1) is 17.1. The molecule has 0 unspecified atom stereocenters. The topological polar surface area (TPSA) is 46.2 Å². The molecule has 1 atom stereocenters. The summed E-state index contributed by atoms with van der Waals surface area (Å²) < 4.78 is 0. The Morgan fingerprint density at radius 2 is 1.71 bits per heavy atom. The molecule has 0 aliphatic rings. The summed E-state index contributed by atoms with van der Waals surface area (Å²) in [5.41, 5.74) is 11.9. The van der Waals surface area contributed by atoms with Crippen molar-refractivity contribution in [1.29, 1.82) is 0 Å². The quantitative estimate of drug-likeness (QED) is 0.635. The van der Waals surface area contributed by atoms with Gasteiger partial charge < -0.3 is 10.8 Å². The van der Waals surface area contributed by atoms with E-state index in [2.05, 4.69) is 45.8 Å². The average molecular weight is 356 g/mol. The Bertz CT molecular complexity index is 740. The normalized spacial score (nSPS) is 12.1. The molecule has 2 heterocycles. The lowest BCUT2D eigenvalue weighted by Crippen LogP contribution is -2.14. The SMILES string of the molecule is NC[C@@H](CC=C(c1ccsc1)c1ccsc1)c1ccccc1CO. The first-order valence-corrected chi connectivity index (χ1v) is 9.86. The summed E-state index contributed by atoms with van der Waals surface area (Å²) in [5.74, 6) is 0.209. The summed E-state index contributed by atoms with van der Waals surface area (Å²) in [5, 5.41) is 18.2. The molecule has 1 aromatic carbocycles. The van der Waals surface area contributed by atoms with Crippen LogP contribution in [0.1, 0.15) is 34.6 Å². The molecule has 0 bridgehead atoms. The van der Waals surface area contributed by atoms with E-state index in [1.54, 1.807) is 22.7 Å². The van der Waals surface area contributed by atoms with Crippen LogP contribution in [-0.2, 0) is 6.61 Å². The third-order valence-electron chi connectivity index (χ3n) is 4.22. The molecule has 2 nitrogen and oxygen atoms in total. The molecule has 0 saturated heterocycles. The summed E-state index contributed by atoms with van der Waals surface area (Å²) >= 11 is 3.42. The summed E-state index contributed by atoms with van der Waals surface area (Å²) in [6.45, 7) is 0.617. The van der Waals surface area contributed by atoms with Crippen molar-refractivity contribution in [3.63, 3.8) is 0 Å². The van der Waals surface area contributed by atoms with Crippen LogP contribution in [0.4, 0.5) is 0 Å². The minimum atomic E-state index is 0.0539. The monoisotopic (exact) mass is 355 g/mol. The predicted molar refractivity (Wildman–Crippen MR) is 104 cm³/mol. The van der Waals surface area contributed by atoms with Crippen molar-refractivity contribution in [3.05, 3.63) is 86.2 Å². The Morgan fingerprint density at radius 1 is 1.04 bits per heavy atom. The van der Waals surface area contributed by atoms with Gasteiger partial charge in [0, 0.05) is 0 Å². The summed E-state index contributed by atoms with van der Waals surface area (Å²) in [4.78, 5) is 0. The lowest BCUT2D eigenvalue weighted by molar-refractivity contribution is 0.280. The molecule has 0 fully saturated rings. The molecule has 0 spiro atoms. The largest absolute Gasteiger partial charge is 0.392 e. The highest BCUT2D eigenvalue weighted by molar-refractivity contribution is 7.08. The highest BCUT2D eigenvalue weighted by atomic mass is 32.1. The van der Waals surface area contributed by atoms with Gasteiger partial charge in [-0.25, -0.2) is 0 Å². The van der Waals surface area contributed by atoms with Gasteiger partial charge >= 0.3 is 0 Å². The fraction of sp³-hybridized carbons (Fsp3) is 0.200. The van der Waals surface area contributed by atoms with Gasteiger partial charge in [-0.2, -0.15) is 22.7 Å². The van der Waals surface area contributed by atoms with Crippen molar-refractivity contribution in [1.82, 2.24) is 0 Å². The zero-order valence-corrected chi connectivity index (χ0v) is 15.0. The minimum Gasteiger partial charge on any atom is -0.392 e. The van der Waals surface area contributed by atoms with Gasteiger partial charge in [0.2, 0.25) is 0 Å².